The number of carbonyl (C=O) groups excluding carboxylic acids is 4. The zero-order valence-corrected chi connectivity index (χ0v) is 19.8. The molecule has 2 heterocycles. The van der Waals surface area contributed by atoms with Crippen LogP contribution in [-0.2, 0) is 22.6 Å². The van der Waals surface area contributed by atoms with Gasteiger partial charge in [0.2, 0.25) is 5.91 Å². The molecule has 1 aromatic heterocycles. The number of nitrogens with zero attached hydrogens (tertiary/aromatic N) is 2. The number of nitrogens with one attached hydrogen (secondary N) is 2. The molecule has 1 aliphatic heterocycles. The molecule has 12 heteroatoms. The van der Waals surface area contributed by atoms with Crippen molar-refractivity contribution in [1.82, 2.24) is 14.8 Å². The van der Waals surface area contributed by atoms with E-state index >= 15 is 0 Å². The number of alkyl halides is 2. The Bertz CT molecular complexity index is 1290. The summed E-state index contributed by atoms with van der Waals surface area (Å²) in [6.45, 7) is 1.84. The summed E-state index contributed by atoms with van der Waals surface area (Å²) >= 11 is 0. The van der Waals surface area contributed by atoms with Gasteiger partial charge in [-0.25, -0.2) is 17.6 Å². The molecule has 1 aromatic carbocycles. The van der Waals surface area contributed by atoms with Gasteiger partial charge in [-0.15, -0.1) is 0 Å². The highest BCUT2D eigenvalue weighted by molar-refractivity contribution is 6.44. The fourth-order valence-corrected chi connectivity index (χ4v) is 5.02. The molecule has 2 aromatic rings. The lowest BCUT2D eigenvalue weighted by Gasteiger charge is -2.47. The van der Waals surface area contributed by atoms with Crippen LogP contribution >= 0.6 is 0 Å². The molecule has 1 fully saturated rings. The molecule has 2 N–H and O–H groups in total. The molecule has 0 saturated heterocycles. The predicted octanol–water partition coefficient (Wildman–Crippen LogP) is 2.83. The molecule has 8 nitrogen and oxygen atoms in total. The molecule has 2 aliphatic rings. The molecular weight excluding hydrogens is 484 g/mol. The molecule has 36 heavy (non-hydrogen) atoms. The van der Waals surface area contributed by atoms with Gasteiger partial charge in [-0.05, 0) is 37.5 Å². The number of halogens is 4. The average Bonchev–Trinajstić information content (AvgIpc) is 3.33. The van der Waals surface area contributed by atoms with Crippen molar-refractivity contribution in [2.45, 2.75) is 50.6 Å². The van der Waals surface area contributed by atoms with Crippen molar-refractivity contribution in [1.29, 1.82) is 0 Å². The van der Waals surface area contributed by atoms with Gasteiger partial charge in [0.1, 0.15) is 11.2 Å². The van der Waals surface area contributed by atoms with Crippen LogP contribution in [-0.4, -0.2) is 58.5 Å². The number of fused-ring (bicyclic) bond motifs is 1. The van der Waals surface area contributed by atoms with Crippen molar-refractivity contribution in [2.75, 3.05) is 19.4 Å². The number of amides is 3. The van der Waals surface area contributed by atoms with Gasteiger partial charge in [0.05, 0.1) is 5.56 Å². The molecule has 4 rings (SSSR count). The van der Waals surface area contributed by atoms with Crippen LogP contribution in [0.15, 0.2) is 18.2 Å². The van der Waals surface area contributed by atoms with Crippen molar-refractivity contribution in [3.8, 4) is 0 Å². The number of aromatic nitrogens is 1. The van der Waals surface area contributed by atoms with Crippen LogP contribution in [0.5, 0.6) is 0 Å². The second-order valence-corrected chi connectivity index (χ2v) is 9.41. The number of rotatable bonds is 6. The summed E-state index contributed by atoms with van der Waals surface area (Å²) in [6.07, 6.45) is -0.888. The van der Waals surface area contributed by atoms with E-state index in [9.17, 15) is 36.7 Å². The number of ketones is 1. The van der Waals surface area contributed by atoms with Gasteiger partial charge in [0.15, 0.2) is 11.6 Å². The molecule has 192 valence electrons. The second-order valence-electron chi connectivity index (χ2n) is 9.41. The average molecular weight is 508 g/mol. The maximum absolute atomic E-state index is 13.7. The van der Waals surface area contributed by atoms with E-state index in [2.05, 4.69) is 10.6 Å². The van der Waals surface area contributed by atoms with Gasteiger partial charge in [-0.3, -0.25) is 19.2 Å². The van der Waals surface area contributed by atoms with Crippen LogP contribution in [0.3, 0.4) is 0 Å². The summed E-state index contributed by atoms with van der Waals surface area (Å²) in [7, 11) is 2.72. The highest BCUT2D eigenvalue weighted by Crippen LogP contribution is 2.46. The fourth-order valence-electron chi connectivity index (χ4n) is 5.02. The maximum atomic E-state index is 13.7. The Kier molecular flexibility index (Phi) is 6.17. The van der Waals surface area contributed by atoms with Crippen LogP contribution in [0.25, 0.3) is 0 Å². The predicted molar refractivity (Wildman–Crippen MR) is 120 cm³/mol. The summed E-state index contributed by atoms with van der Waals surface area (Å²) in [5.41, 5.74) is -1.28. The second kappa shape index (κ2) is 8.75. The van der Waals surface area contributed by atoms with E-state index in [0.29, 0.717) is 25.1 Å². The summed E-state index contributed by atoms with van der Waals surface area (Å²) in [5.74, 6) is -9.11. The lowest BCUT2D eigenvalue weighted by Crippen LogP contribution is -2.69. The third-order valence-electron chi connectivity index (χ3n) is 6.52. The Labute approximate surface area is 203 Å². The van der Waals surface area contributed by atoms with Crippen molar-refractivity contribution in [3.63, 3.8) is 0 Å². The first kappa shape index (κ1) is 25.4. The molecule has 0 radical (unpaired) electrons. The number of likely N-dealkylation sites (N-methyl/N-ethyl adjacent to an activating group) is 1. The number of Topliss-reactive ketones (excluding diaryl/α,β-unsaturated/α-hetero) is 1. The Morgan fingerprint density at radius 3 is 2.31 bits per heavy atom. The van der Waals surface area contributed by atoms with E-state index < -0.39 is 59.4 Å². The maximum Gasteiger partial charge on any atom is 0.293 e. The Morgan fingerprint density at radius 2 is 1.72 bits per heavy atom. The molecule has 0 unspecified atom stereocenters. The fraction of sp³-hybridized carbons (Fsp3) is 0.417. The molecule has 3 amide bonds. The topological polar surface area (TPSA) is 101 Å². The lowest BCUT2D eigenvalue weighted by atomic mass is 9.72. The van der Waals surface area contributed by atoms with Gasteiger partial charge < -0.3 is 20.1 Å². The Morgan fingerprint density at radius 1 is 1.06 bits per heavy atom. The number of anilines is 1. The molecule has 1 saturated carbocycles. The smallest absolute Gasteiger partial charge is 0.293 e. The minimum atomic E-state index is -3.15. The highest BCUT2D eigenvalue weighted by Gasteiger charge is 2.62. The van der Waals surface area contributed by atoms with E-state index in [1.54, 1.807) is 4.57 Å². The van der Waals surface area contributed by atoms with E-state index in [4.69, 9.17) is 0 Å². The Balaban J connectivity index is 1.62. The van der Waals surface area contributed by atoms with Gasteiger partial charge in [-0.1, -0.05) is 0 Å². The molecular formula is C24H24F4N4O4. The van der Waals surface area contributed by atoms with Gasteiger partial charge >= 0.3 is 0 Å². The van der Waals surface area contributed by atoms with Crippen LogP contribution < -0.4 is 10.6 Å². The minimum Gasteiger partial charge on any atom is -0.347 e. The summed E-state index contributed by atoms with van der Waals surface area (Å²) in [4.78, 5) is 52.8. The van der Waals surface area contributed by atoms with Crippen LogP contribution in [0.1, 0.15) is 51.4 Å². The number of hydrogen-bond acceptors (Lipinski definition) is 4. The van der Waals surface area contributed by atoms with E-state index in [-0.39, 0.29) is 22.5 Å². The number of hydrogen-bond donors (Lipinski definition) is 2. The number of carbonyl (C=O) groups is 4. The van der Waals surface area contributed by atoms with Crippen LogP contribution in [0.4, 0.5) is 23.2 Å². The van der Waals surface area contributed by atoms with Crippen molar-refractivity contribution in [2.24, 2.45) is 0 Å². The van der Waals surface area contributed by atoms with E-state index in [1.165, 1.54) is 27.1 Å². The summed E-state index contributed by atoms with van der Waals surface area (Å²) < 4.78 is 55.7. The zero-order valence-electron chi connectivity index (χ0n) is 19.8. The monoisotopic (exact) mass is 508 g/mol. The largest absolute Gasteiger partial charge is 0.347 e. The third-order valence-corrected chi connectivity index (χ3v) is 6.52. The summed E-state index contributed by atoms with van der Waals surface area (Å²) in [6, 6.07) is 2.84. The lowest BCUT2D eigenvalue weighted by molar-refractivity contribution is -0.171. The highest BCUT2D eigenvalue weighted by atomic mass is 19.3. The third kappa shape index (κ3) is 4.24. The van der Waals surface area contributed by atoms with Crippen molar-refractivity contribution in [3.05, 3.63) is 52.3 Å². The molecule has 1 aliphatic carbocycles. The standard InChI is InChI=1S/C24H24F4N4O4/c1-12-17(19(33)21(35)30-23(22(36)31(2)3)10-24(27,28)11-23)16-5-4-8-32(16)18(12)20(34)29-13-6-7-14(25)15(26)9-13/h6-7,9H,4-5,8,10-11H2,1-3H3,(H,29,34)(H,30,35). The van der Waals surface area contributed by atoms with Crippen molar-refractivity contribution < 1.29 is 36.7 Å². The van der Waals surface area contributed by atoms with E-state index in [1.807, 2.05) is 0 Å². The molecule has 0 spiro atoms. The first-order valence-corrected chi connectivity index (χ1v) is 11.2. The number of benzene rings is 1. The SMILES string of the molecule is Cc1c(C(=O)C(=O)NC2(C(=O)N(C)C)CC(F)(F)C2)c2n(c1C(=O)Nc1ccc(F)c(F)c1)CCC2. The van der Waals surface area contributed by atoms with Gasteiger partial charge in [0.25, 0.3) is 23.5 Å². The van der Waals surface area contributed by atoms with E-state index in [0.717, 1.165) is 17.0 Å². The normalized spacial score (nSPS) is 17.1. The zero-order chi connectivity index (χ0) is 26.6. The van der Waals surface area contributed by atoms with Crippen LogP contribution in [0, 0.1) is 18.6 Å². The quantitative estimate of drug-likeness (QED) is 0.356. The van der Waals surface area contributed by atoms with Gasteiger partial charge in [-0.2, -0.15) is 0 Å². The van der Waals surface area contributed by atoms with Crippen LogP contribution in [0.2, 0.25) is 0 Å². The molecule has 0 atom stereocenters. The van der Waals surface area contributed by atoms with Gasteiger partial charge in [0, 0.05) is 50.9 Å². The molecule has 0 bridgehead atoms. The van der Waals surface area contributed by atoms with Crippen molar-refractivity contribution >= 4 is 29.2 Å². The first-order chi connectivity index (χ1) is 16.8. The Hall–Kier alpha value is -3.70. The summed E-state index contributed by atoms with van der Waals surface area (Å²) in [5, 5.41) is 4.69. The first-order valence-electron chi connectivity index (χ1n) is 11.2. The minimum absolute atomic E-state index is 0.00693.